The molecule has 4 aromatic heterocycles. The number of nitrogens with zero attached hydrogens (tertiary/aromatic N) is 6. The molecular formula is C16H16N8O3S3. The molecule has 4 rings (SSSR count). The van der Waals surface area contributed by atoms with Crippen molar-refractivity contribution in [1.29, 1.82) is 0 Å². The quantitative estimate of drug-likeness (QED) is 0.284. The molecule has 4 heterocycles. The number of nitrogens with one attached hydrogen (secondary N) is 2. The summed E-state index contributed by atoms with van der Waals surface area (Å²) in [4.78, 5) is 25.6. The summed E-state index contributed by atoms with van der Waals surface area (Å²) in [5.41, 5.74) is 0. The van der Waals surface area contributed by atoms with E-state index in [1.165, 1.54) is 34.0 Å². The van der Waals surface area contributed by atoms with Gasteiger partial charge < -0.3 is 26.0 Å². The van der Waals surface area contributed by atoms with E-state index in [0.29, 0.717) is 30.7 Å². The van der Waals surface area contributed by atoms with E-state index in [1.807, 2.05) is 0 Å². The summed E-state index contributed by atoms with van der Waals surface area (Å²) in [5, 5.41) is 38.6. The van der Waals surface area contributed by atoms with Crippen LogP contribution >= 0.6 is 34.0 Å². The molecule has 4 aromatic rings. The normalized spacial score (nSPS) is 11.0. The summed E-state index contributed by atoms with van der Waals surface area (Å²) < 4.78 is 0. The van der Waals surface area contributed by atoms with Crippen molar-refractivity contribution in [3.8, 4) is 17.6 Å². The van der Waals surface area contributed by atoms with Gasteiger partial charge in [-0.1, -0.05) is 22.7 Å². The molecule has 0 saturated carbocycles. The Labute approximate surface area is 182 Å². The van der Waals surface area contributed by atoms with Crippen LogP contribution in [0.3, 0.4) is 0 Å². The topological polar surface area (TPSA) is 162 Å². The van der Waals surface area contributed by atoms with Gasteiger partial charge in [0.2, 0.25) is 29.5 Å². The minimum atomic E-state index is -0.152. The highest BCUT2D eigenvalue weighted by molar-refractivity contribution is 7.16. The lowest BCUT2D eigenvalue weighted by Gasteiger charge is -2.08. The molecule has 0 aliphatic carbocycles. The van der Waals surface area contributed by atoms with Gasteiger partial charge in [0.1, 0.15) is 5.82 Å². The smallest absolute Gasteiger partial charge is 0.247 e. The number of anilines is 4. The Bertz CT molecular complexity index is 1060. The molecule has 0 atom stereocenters. The van der Waals surface area contributed by atoms with Crippen molar-refractivity contribution in [3.63, 3.8) is 0 Å². The maximum atomic E-state index is 10.00. The van der Waals surface area contributed by atoms with Gasteiger partial charge in [-0.3, -0.25) is 0 Å². The first-order valence-corrected chi connectivity index (χ1v) is 11.0. The van der Waals surface area contributed by atoms with E-state index in [9.17, 15) is 15.3 Å². The number of aromatic nitrogens is 6. The summed E-state index contributed by atoms with van der Waals surface area (Å²) >= 11 is 3.85. The lowest BCUT2D eigenvalue weighted by molar-refractivity contribution is 0.451. The Morgan fingerprint density at radius 1 is 0.633 bits per heavy atom. The summed E-state index contributed by atoms with van der Waals surface area (Å²) in [6, 6.07) is 0. The Hall–Kier alpha value is -3.10. The summed E-state index contributed by atoms with van der Waals surface area (Å²) in [5.74, 6) is 0.329. The zero-order valence-electron chi connectivity index (χ0n) is 16.0. The van der Waals surface area contributed by atoms with Crippen molar-refractivity contribution >= 4 is 55.9 Å². The first kappa shape index (κ1) is 20.2. The van der Waals surface area contributed by atoms with Crippen LogP contribution in [0.15, 0.2) is 0 Å². The summed E-state index contributed by atoms with van der Waals surface area (Å²) in [6.07, 6.45) is 0.227. The van der Waals surface area contributed by atoms with Gasteiger partial charge in [-0.15, -0.1) is 11.3 Å². The van der Waals surface area contributed by atoms with E-state index in [-0.39, 0.29) is 36.0 Å². The molecule has 0 aliphatic heterocycles. The highest BCUT2D eigenvalue weighted by Gasteiger charge is 2.17. The van der Waals surface area contributed by atoms with Crippen LogP contribution in [0.5, 0.6) is 17.6 Å². The van der Waals surface area contributed by atoms with E-state index >= 15 is 0 Å². The number of hydrogen-bond acceptors (Lipinski definition) is 14. The average molecular weight is 465 g/mol. The largest absolute Gasteiger partial charge is 0.492 e. The second-order valence-electron chi connectivity index (χ2n) is 6.08. The molecule has 11 nitrogen and oxygen atoms in total. The van der Waals surface area contributed by atoms with Crippen LogP contribution in [0.1, 0.15) is 25.7 Å². The highest BCUT2D eigenvalue weighted by atomic mass is 32.1. The Kier molecular flexibility index (Phi) is 5.36. The van der Waals surface area contributed by atoms with Crippen LogP contribution in [0.4, 0.5) is 21.9 Å². The predicted molar refractivity (Wildman–Crippen MR) is 115 cm³/mol. The molecule has 0 aromatic carbocycles. The molecule has 0 fully saturated rings. The number of rotatable bonds is 6. The maximum Gasteiger partial charge on any atom is 0.247 e. The number of aryl methyl sites for hydroxylation is 3. The van der Waals surface area contributed by atoms with Crippen LogP contribution in [0.25, 0.3) is 0 Å². The second-order valence-corrected chi connectivity index (χ2v) is 9.77. The first-order chi connectivity index (χ1) is 14.3. The van der Waals surface area contributed by atoms with Crippen molar-refractivity contribution in [2.75, 3.05) is 10.6 Å². The fourth-order valence-corrected chi connectivity index (χ4v) is 4.77. The fourth-order valence-electron chi connectivity index (χ4n) is 2.53. The molecule has 156 valence electrons. The Morgan fingerprint density at radius 2 is 1.10 bits per heavy atom. The van der Waals surface area contributed by atoms with E-state index in [1.54, 1.807) is 20.8 Å². The van der Waals surface area contributed by atoms with Crippen molar-refractivity contribution in [3.05, 3.63) is 25.7 Å². The zero-order valence-corrected chi connectivity index (χ0v) is 18.4. The Morgan fingerprint density at radius 3 is 1.50 bits per heavy atom. The van der Waals surface area contributed by atoms with Crippen LogP contribution < -0.4 is 10.6 Å². The lowest BCUT2D eigenvalue weighted by Crippen LogP contribution is -2.07. The van der Waals surface area contributed by atoms with Crippen molar-refractivity contribution < 1.29 is 15.3 Å². The zero-order chi connectivity index (χ0) is 21.4. The van der Waals surface area contributed by atoms with Gasteiger partial charge >= 0.3 is 0 Å². The van der Waals surface area contributed by atoms with Gasteiger partial charge in [0.15, 0.2) is 10.0 Å². The van der Waals surface area contributed by atoms with E-state index in [4.69, 9.17) is 0 Å². The van der Waals surface area contributed by atoms with Crippen LogP contribution in [-0.4, -0.2) is 45.2 Å². The number of aromatic hydroxyl groups is 3. The molecule has 0 saturated heterocycles. The van der Waals surface area contributed by atoms with E-state index in [2.05, 4.69) is 40.5 Å². The van der Waals surface area contributed by atoms with Gasteiger partial charge in [0.05, 0.1) is 19.9 Å². The minimum Gasteiger partial charge on any atom is -0.492 e. The third-order valence-corrected chi connectivity index (χ3v) is 6.38. The fraction of sp³-hybridized carbons (Fsp3) is 0.250. The third-order valence-electron chi connectivity index (χ3n) is 3.67. The van der Waals surface area contributed by atoms with Gasteiger partial charge in [-0.05, 0) is 20.8 Å². The van der Waals surface area contributed by atoms with Gasteiger partial charge in [0, 0.05) is 6.42 Å². The lowest BCUT2D eigenvalue weighted by atomic mass is 10.3. The second kappa shape index (κ2) is 7.97. The Balaban J connectivity index is 1.69. The highest BCUT2D eigenvalue weighted by Crippen LogP contribution is 2.34. The molecule has 30 heavy (non-hydrogen) atoms. The molecule has 0 amide bonds. The molecular weight excluding hydrogens is 448 g/mol. The summed E-state index contributed by atoms with van der Waals surface area (Å²) in [6.45, 7) is 5.33. The molecule has 0 bridgehead atoms. The SMILES string of the molecule is Cc1nc(O)c(Cc2nc(Nc3sc(C)nc3O)nc(Nc3sc(C)nc3O)n2)s1. The molecule has 0 unspecified atom stereocenters. The monoisotopic (exact) mass is 464 g/mol. The van der Waals surface area contributed by atoms with Gasteiger partial charge in [0.25, 0.3) is 0 Å². The van der Waals surface area contributed by atoms with Gasteiger partial charge in [-0.2, -0.15) is 15.0 Å². The maximum absolute atomic E-state index is 10.00. The number of hydrogen-bond donors (Lipinski definition) is 5. The van der Waals surface area contributed by atoms with Crippen molar-refractivity contribution in [2.24, 2.45) is 0 Å². The standard InChI is InChI=1S/C16H16N8O3S3/c1-5-17-10(25)8(28-5)4-9-20-15(22-13-11(26)18-6(2)29-13)24-16(21-9)23-14-12(27)19-7(3)30-14/h25-27H,4H2,1-3H3,(H2,20,21,22,23,24). The van der Waals surface area contributed by atoms with Crippen molar-refractivity contribution in [1.82, 2.24) is 29.9 Å². The van der Waals surface area contributed by atoms with Crippen LogP contribution in [0.2, 0.25) is 0 Å². The molecule has 0 spiro atoms. The summed E-state index contributed by atoms with van der Waals surface area (Å²) in [7, 11) is 0. The molecule has 0 aliphatic rings. The molecule has 14 heteroatoms. The number of thiazole rings is 3. The molecule has 0 radical (unpaired) electrons. The van der Waals surface area contributed by atoms with E-state index < -0.39 is 0 Å². The van der Waals surface area contributed by atoms with Crippen LogP contribution in [-0.2, 0) is 6.42 Å². The van der Waals surface area contributed by atoms with E-state index in [0.717, 1.165) is 5.01 Å². The molecule has 5 N–H and O–H groups in total. The van der Waals surface area contributed by atoms with Crippen LogP contribution in [0, 0.1) is 20.8 Å². The minimum absolute atomic E-state index is 0.0617. The first-order valence-electron chi connectivity index (χ1n) is 8.54. The third kappa shape index (κ3) is 4.39. The average Bonchev–Trinajstić information content (AvgIpc) is 3.24. The predicted octanol–water partition coefficient (Wildman–Crippen LogP) is 3.36. The van der Waals surface area contributed by atoms with Crippen molar-refractivity contribution in [2.45, 2.75) is 27.2 Å². The van der Waals surface area contributed by atoms with Gasteiger partial charge in [-0.25, -0.2) is 15.0 Å².